The zero-order valence-corrected chi connectivity index (χ0v) is 10.2. The second-order valence-electron chi connectivity index (χ2n) is 3.79. The van der Waals surface area contributed by atoms with E-state index in [2.05, 4.69) is 25.5 Å². The third-order valence-corrected chi connectivity index (χ3v) is 2.82. The Hall–Kier alpha value is -2.41. The molecule has 19 heavy (non-hydrogen) atoms. The van der Waals surface area contributed by atoms with E-state index in [-0.39, 0.29) is 16.7 Å². The van der Waals surface area contributed by atoms with E-state index in [4.69, 9.17) is 17.3 Å². The maximum Gasteiger partial charge on any atom is 0.224 e. The third kappa shape index (κ3) is 2.04. The fourth-order valence-corrected chi connectivity index (χ4v) is 1.85. The molecule has 3 aromatic rings. The summed E-state index contributed by atoms with van der Waals surface area (Å²) in [6.45, 7) is 0. The van der Waals surface area contributed by atoms with Gasteiger partial charge in [0.15, 0.2) is 11.5 Å². The summed E-state index contributed by atoms with van der Waals surface area (Å²) in [5, 5.41) is 9.97. The van der Waals surface area contributed by atoms with Crippen molar-refractivity contribution in [3.63, 3.8) is 0 Å². The summed E-state index contributed by atoms with van der Waals surface area (Å²) in [6, 6.07) is 4.64. The van der Waals surface area contributed by atoms with Crippen molar-refractivity contribution in [1.82, 2.24) is 20.2 Å². The highest BCUT2D eigenvalue weighted by Gasteiger charge is 2.11. The summed E-state index contributed by atoms with van der Waals surface area (Å²) in [5.41, 5.74) is 6.25. The van der Waals surface area contributed by atoms with Crippen LogP contribution in [0.2, 0.25) is 5.02 Å². The Bertz CT molecular complexity index is 756. The largest absolute Gasteiger partial charge is 0.368 e. The highest BCUT2D eigenvalue weighted by Crippen LogP contribution is 2.27. The molecule has 0 unspecified atom stereocenters. The molecule has 0 spiro atoms. The van der Waals surface area contributed by atoms with Crippen molar-refractivity contribution in [2.24, 2.45) is 0 Å². The van der Waals surface area contributed by atoms with Gasteiger partial charge in [-0.3, -0.25) is 5.10 Å². The molecule has 6 nitrogen and oxygen atoms in total. The predicted octanol–water partition coefficient (Wildman–Crippen LogP) is 2.47. The number of hydrogen-bond acceptors (Lipinski definition) is 5. The minimum Gasteiger partial charge on any atom is -0.368 e. The second-order valence-corrected chi connectivity index (χ2v) is 4.20. The molecule has 0 bridgehead atoms. The van der Waals surface area contributed by atoms with Gasteiger partial charge in [0.25, 0.3) is 0 Å². The number of nitrogens with zero attached hydrogens (tertiary/aromatic N) is 3. The number of aromatic nitrogens is 4. The quantitative estimate of drug-likeness (QED) is 0.670. The molecule has 0 aliphatic heterocycles. The van der Waals surface area contributed by atoms with Crippen LogP contribution in [0.5, 0.6) is 0 Å². The Morgan fingerprint density at radius 3 is 3.00 bits per heavy atom. The van der Waals surface area contributed by atoms with Crippen molar-refractivity contribution >= 4 is 40.1 Å². The molecule has 0 atom stereocenters. The van der Waals surface area contributed by atoms with E-state index >= 15 is 0 Å². The van der Waals surface area contributed by atoms with E-state index in [0.717, 1.165) is 0 Å². The lowest BCUT2D eigenvalue weighted by Gasteiger charge is -2.08. The van der Waals surface area contributed by atoms with E-state index in [0.29, 0.717) is 16.9 Å². The number of hydrogen-bond donors (Lipinski definition) is 3. The molecule has 2 heterocycles. The van der Waals surface area contributed by atoms with Gasteiger partial charge in [-0.25, -0.2) is 4.39 Å². The minimum absolute atomic E-state index is 0.0236. The van der Waals surface area contributed by atoms with Crippen molar-refractivity contribution in [2.75, 3.05) is 11.1 Å². The van der Waals surface area contributed by atoms with Crippen LogP contribution in [0.4, 0.5) is 21.8 Å². The van der Waals surface area contributed by atoms with E-state index in [1.54, 1.807) is 12.1 Å². The second kappa shape index (κ2) is 4.36. The Morgan fingerprint density at radius 2 is 2.16 bits per heavy atom. The van der Waals surface area contributed by atoms with Gasteiger partial charge < -0.3 is 11.1 Å². The first-order valence-electron chi connectivity index (χ1n) is 5.33. The fourth-order valence-electron chi connectivity index (χ4n) is 1.68. The Balaban J connectivity index is 2.10. The van der Waals surface area contributed by atoms with Crippen LogP contribution >= 0.6 is 11.6 Å². The summed E-state index contributed by atoms with van der Waals surface area (Å²) in [7, 11) is 0. The van der Waals surface area contributed by atoms with Crippen molar-refractivity contribution < 1.29 is 4.39 Å². The molecular weight excluding hydrogens is 271 g/mol. The molecule has 96 valence electrons. The highest BCUT2D eigenvalue weighted by molar-refractivity contribution is 6.31. The molecule has 0 radical (unpaired) electrons. The van der Waals surface area contributed by atoms with Crippen LogP contribution in [0.25, 0.3) is 11.0 Å². The topological polar surface area (TPSA) is 92.5 Å². The fraction of sp³-hybridized carbons (Fsp3) is 0. The van der Waals surface area contributed by atoms with Crippen LogP contribution in [-0.2, 0) is 0 Å². The standard InChI is InChI=1S/C11H8ClFN6/c12-6-2-1-3-7(8(6)13)16-9-5-4-15-19-10(5)18-11(14)17-9/h1-4H,(H4,14,15,16,17,18,19). The number of anilines is 3. The van der Waals surface area contributed by atoms with E-state index in [1.807, 2.05) is 0 Å². The SMILES string of the molecule is Nc1nc(Nc2cccc(Cl)c2F)c2cn[nH]c2n1. The molecule has 3 rings (SSSR count). The van der Waals surface area contributed by atoms with Crippen molar-refractivity contribution in [3.8, 4) is 0 Å². The van der Waals surface area contributed by atoms with Gasteiger partial charge in [-0.05, 0) is 12.1 Å². The molecule has 0 aliphatic rings. The minimum atomic E-state index is -0.557. The first kappa shape index (κ1) is 11.7. The van der Waals surface area contributed by atoms with Gasteiger partial charge in [-0.1, -0.05) is 17.7 Å². The number of fused-ring (bicyclic) bond motifs is 1. The molecule has 8 heteroatoms. The molecule has 4 N–H and O–H groups in total. The van der Waals surface area contributed by atoms with Gasteiger partial charge >= 0.3 is 0 Å². The van der Waals surface area contributed by atoms with E-state index in [1.165, 1.54) is 12.3 Å². The number of nitrogens with one attached hydrogen (secondary N) is 2. The summed E-state index contributed by atoms with van der Waals surface area (Å²) in [4.78, 5) is 7.99. The van der Waals surface area contributed by atoms with E-state index in [9.17, 15) is 4.39 Å². The molecule has 0 saturated heterocycles. The summed E-state index contributed by atoms with van der Waals surface area (Å²) >= 11 is 5.72. The normalized spacial score (nSPS) is 10.8. The number of benzene rings is 1. The summed E-state index contributed by atoms with van der Waals surface area (Å²) in [6.07, 6.45) is 1.53. The summed E-state index contributed by atoms with van der Waals surface area (Å²) < 4.78 is 13.8. The Morgan fingerprint density at radius 1 is 1.32 bits per heavy atom. The zero-order valence-electron chi connectivity index (χ0n) is 9.48. The van der Waals surface area contributed by atoms with Crippen LogP contribution in [0.3, 0.4) is 0 Å². The van der Waals surface area contributed by atoms with Crippen LogP contribution in [-0.4, -0.2) is 20.2 Å². The number of nitrogens with two attached hydrogens (primary N) is 1. The molecule has 2 aromatic heterocycles. The molecule has 0 fully saturated rings. The average molecular weight is 279 g/mol. The Kier molecular flexibility index (Phi) is 2.68. The molecular formula is C11H8ClFN6. The van der Waals surface area contributed by atoms with Crippen molar-refractivity contribution in [3.05, 3.63) is 35.2 Å². The van der Waals surface area contributed by atoms with Gasteiger partial charge in [0, 0.05) is 0 Å². The monoisotopic (exact) mass is 278 g/mol. The number of H-pyrrole nitrogens is 1. The third-order valence-electron chi connectivity index (χ3n) is 2.53. The number of aromatic amines is 1. The lowest BCUT2D eigenvalue weighted by molar-refractivity contribution is 0.632. The number of halogens is 2. The lowest BCUT2D eigenvalue weighted by Crippen LogP contribution is -2.02. The van der Waals surface area contributed by atoms with Crippen molar-refractivity contribution in [2.45, 2.75) is 0 Å². The first-order valence-corrected chi connectivity index (χ1v) is 5.70. The maximum absolute atomic E-state index is 13.8. The molecule has 0 amide bonds. The summed E-state index contributed by atoms with van der Waals surface area (Å²) in [5.74, 6) is -0.142. The zero-order chi connectivity index (χ0) is 13.4. The van der Waals surface area contributed by atoms with Crippen LogP contribution in [0, 0.1) is 5.82 Å². The van der Waals surface area contributed by atoms with Crippen LogP contribution < -0.4 is 11.1 Å². The van der Waals surface area contributed by atoms with Crippen LogP contribution in [0.1, 0.15) is 0 Å². The van der Waals surface area contributed by atoms with Gasteiger partial charge in [0.1, 0.15) is 5.82 Å². The van der Waals surface area contributed by atoms with Gasteiger partial charge in [0.2, 0.25) is 5.95 Å². The predicted molar refractivity (Wildman–Crippen MR) is 70.8 cm³/mol. The van der Waals surface area contributed by atoms with Gasteiger partial charge in [0.05, 0.1) is 22.3 Å². The number of rotatable bonds is 2. The van der Waals surface area contributed by atoms with Crippen LogP contribution in [0.15, 0.2) is 24.4 Å². The van der Waals surface area contributed by atoms with Crippen molar-refractivity contribution in [1.29, 1.82) is 0 Å². The smallest absolute Gasteiger partial charge is 0.224 e. The van der Waals surface area contributed by atoms with Gasteiger partial charge in [-0.2, -0.15) is 15.1 Å². The molecule has 1 aromatic carbocycles. The molecule has 0 aliphatic carbocycles. The molecule has 0 saturated carbocycles. The Labute approximate surface area is 111 Å². The number of nitrogen functional groups attached to an aromatic ring is 1. The van der Waals surface area contributed by atoms with Gasteiger partial charge in [-0.15, -0.1) is 0 Å². The lowest BCUT2D eigenvalue weighted by atomic mass is 10.3. The highest BCUT2D eigenvalue weighted by atomic mass is 35.5. The first-order chi connectivity index (χ1) is 9.15. The maximum atomic E-state index is 13.8. The average Bonchev–Trinajstić information content (AvgIpc) is 2.83. The van der Waals surface area contributed by atoms with E-state index < -0.39 is 5.82 Å².